The number of nitrogens with zero attached hydrogens (tertiary/aromatic N) is 1. The highest BCUT2D eigenvalue weighted by Crippen LogP contribution is 2.19. The predicted octanol–water partition coefficient (Wildman–Crippen LogP) is 0.729. The van der Waals surface area contributed by atoms with E-state index in [0.717, 1.165) is 0 Å². The molecule has 26 heavy (non-hydrogen) atoms. The number of carbonyl (C=O) groups excluding carboxylic acids is 2. The molecule has 1 aliphatic heterocycles. The lowest BCUT2D eigenvalue weighted by Crippen LogP contribution is -2.52. The number of anilines is 1. The normalized spacial score (nSPS) is 19.5. The van der Waals surface area contributed by atoms with Crippen molar-refractivity contribution in [2.24, 2.45) is 5.73 Å². The van der Waals surface area contributed by atoms with Crippen LogP contribution in [0.4, 0.5) is 5.82 Å². The van der Waals surface area contributed by atoms with Crippen molar-refractivity contribution in [3.63, 3.8) is 0 Å². The van der Waals surface area contributed by atoms with Crippen molar-refractivity contribution in [2.75, 3.05) is 18.9 Å². The monoisotopic (exact) mass is 356 g/mol. The van der Waals surface area contributed by atoms with Gasteiger partial charge >= 0.3 is 0 Å². The minimum atomic E-state index is -0.498. The molecule has 8 heteroatoms. The Morgan fingerprint density at radius 3 is 2.65 bits per heavy atom. The number of hydrogen-bond donors (Lipinski definition) is 3. The predicted molar refractivity (Wildman–Crippen MR) is 94.7 cm³/mol. The van der Waals surface area contributed by atoms with Crippen molar-refractivity contribution in [3.05, 3.63) is 53.7 Å². The zero-order valence-electron chi connectivity index (χ0n) is 14.1. The Labute approximate surface area is 150 Å². The molecule has 2 atom stereocenters. The Hall–Kier alpha value is -3.13. The number of nitrogen functional groups attached to an aromatic ring is 1. The quantitative estimate of drug-likeness (QED) is 0.724. The zero-order chi connectivity index (χ0) is 18.5. The molecule has 1 aromatic heterocycles. The summed E-state index contributed by atoms with van der Waals surface area (Å²) < 4.78 is 11.4. The van der Waals surface area contributed by atoms with E-state index in [2.05, 4.69) is 10.3 Å². The van der Waals surface area contributed by atoms with E-state index in [-0.39, 0.29) is 29.6 Å². The Bertz CT molecular complexity index is 794. The number of pyridine rings is 1. The molecule has 0 unspecified atom stereocenters. The van der Waals surface area contributed by atoms with Crippen LogP contribution in [0.3, 0.4) is 0 Å². The Kier molecular flexibility index (Phi) is 5.33. The van der Waals surface area contributed by atoms with Gasteiger partial charge < -0.3 is 26.3 Å². The SMILES string of the molecule is NC(=O)c1ccc(O[C@H]2CCOC[C@@H]2NC(=O)c2cccc(N)n2)cc1. The van der Waals surface area contributed by atoms with Crippen molar-refractivity contribution in [1.82, 2.24) is 10.3 Å². The van der Waals surface area contributed by atoms with E-state index in [1.807, 2.05) is 0 Å². The molecule has 0 saturated carbocycles. The number of nitrogens with one attached hydrogen (secondary N) is 1. The van der Waals surface area contributed by atoms with E-state index in [1.165, 1.54) is 0 Å². The molecule has 0 bridgehead atoms. The smallest absolute Gasteiger partial charge is 0.270 e. The average Bonchev–Trinajstić information content (AvgIpc) is 2.64. The van der Waals surface area contributed by atoms with Crippen molar-refractivity contribution < 1.29 is 19.1 Å². The van der Waals surface area contributed by atoms with Crippen LogP contribution < -0.4 is 21.5 Å². The number of primary amides is 1. The van der Waals surface area contributed by atoms with E-state index >= 15 is 0 Å². The molecule has 5 N–H and O–H groups in total. The van der Waals surface area contributed by atoms with Crippen LogP contribution in [0.5, 0.6) is 5.75 Å². The first kappa shape index (κ1) is 17.7. The number of carbonyl (C=O) groups is 2. The van der Waals surface area contributed by atoms with E-state index in [1.54, 1.807) is 42.5 Å². The molecule has 8 nitrogen and oxygen atoms in total. The third kappa shape index (κ3) is 4.28. The number of aromatic nitrogens is 1. The number of hydrogen-bond acceptors (Lipinski definition) is 6. The molecule has 1 saturated heterocycles. The fourth-order valence-corrected chi connectivity index (χ4v) is 2.69. The Balaban J connectivity index is 1.67. The Morgan fingerprint density at radius 1 is 1.19 bits per heavy atom. The lowest BCUT2D eigenvalue weighted by molar-refractivity contribution is -0.00294. The lowest BCUT2D eigenvalue weighted by Gasteiger charge is -2.32. The number of benzene rings is 1. The topological polar surface area (TPSA) is 130 Å². The summed E-state index contributed by atoms with van der Waals surface area (Å²) in [7, 11) is 0. The van der Waals surface area contributed by atoms with Gasteiger partial charge in [0.05, 0.1) is 19.3 Å². The highest BCUT2D eigenvalue weighted by atomic mass is 16.5. The van der Waals surface area contributed by atoms with Crippen LogP contribution >= 0.6 is 0 Å². The van der Waals surface area contributed by atoms with Crippen LogP contribution in [0.1, 0.15) is 27.3 Å². The summed E-state index contributed by atoms with van der Waals surface area (Å²) >= 11 is 0. The number of ether oxygens (including phenoxy) is 2. The second kappa shape index (κ2) is 7.83. The zero-order valence-corrected chi connectivity index (χ0v) is 14.1. The molecule has 3 rings (SSSR count). The third-order valence-electron chi connectivity index (χ3n) is 4.04. The van der Waals surface area contributed by atoms with Crippen LogP contribution in [0, 0.1) is 0 Å². The molecular weight excluding hydrogens is 336 g/mol. The fraction of sp³-hybridized carbons (Fsp3) is 0.278. The van der Waals surface area contributed by atoms with Gasteiger partial charge in [-0.1, -0.05) is 6.07 Å². The summed E-state index contributed by atoms with van der Waals surface area (Å²) in [5.74, 6) is 0.0241. The van der Waals surface area contributed by atoms with E-state index < -0.39 is 5.91 Å². The summed E-state index contributed by atoms with van der Waals surface area (Å²) in [5.41, 5.74) is 11.5. The summed E-state index contributed by atoms with van der Waals surface area (Å²) in [4.78, 5) is 27.5. The maximum Gasteiger partial charge on any atom is 0.270 e. The summed E-state index contributed by atoms with van der Waals surface area (Å²) in [6.45, 7) is 0.866. The molecule has 2 amide bonds. The standard InChI is InChI=1S/C18H20N4O4/c19-16-3-1-2-13(21-16)18(24)22-14-10-25-9-8-15(14)26-12-6-4-11(5-7-12)17(20)23/h1-7,14-15H,8-10H2,(H2,19,21)(H2,20,23)(H,22,24)/t14-,15-/m0/s1. The van der Waals surface area contributed by atoms with Gasteiger partial charge in [0, 0.05) is 12.0 Å². The molecule has 0 radical (unpaired) electrons. The van der Waals surface area contributed by atoms with Crippen LogP contribution in [0.15, 0.2) is 42.5 Å². The van der Waals surface area contributed by atoms with Gasteiger partial charge in [-0.15, -0.1) is 0 Å². The van der Waals surface area contributed by atoms with E-state index in [9.17, 15) is 9.59 Å². The third-order valence-corrected chi connectivity index (χ3v) is 4.04. The van der Waals surface area contributed by atoms with Crippen molar-refractivity contribution in [1.29, 1.82) is 0 Å². The number of amides is 2. The minimum absolute atomic E-state index is 0.236. The van der Waals surface area contributed by atoms with Crippen LogP contribution in [-0.4, -0.2) is 42.2 Å². The van der Waals surface area contributed by atoms with Gasteiger partial charge in [0.2, 0.25) is 5.91 Å². The average molecular weight is 356 g/mol. The minimum Gasteiger partial charge on any atom is -0.488 e. The van der Waals surface area contributed by atoms with Crippen LogP contribution in [0.2, 0.25) is 0 Å². The van der Waals surface area contributed by atoms with Gasteiger partial charge in [-0.25, -0.2) is 4.98 Å². The van der Waals surface area contributed by atoms with Crippen molar-refractivity contribution >= 4 is 17.6 Å². The summed E-state index contributed by atoms with van der Waals surface area (Å²) in [6.07, 6.45) is 0.348. The molecule has 1 fully saturated rings. The van der Waals surface area contributed by atoms with Gasteiger partial charge in [-0.05, 0) is 36.4 Å². The number of rotatable bonds is 5. The number of nitrogens with two attached hydrogens (primary N) is 2. The van der Waals surface area contributed by atoms with Crippen LogP contribution in [-0.2, 0) is 4.74 Å². The molecule has 0 spiro atoms. The summed E-state index contributed by atoms with van der Waals surface area (Å²) in [6, 6.07) is 11.1. The maximum atomic E-state index is 12.4. The van der Waals surface area contributed by atoms with E-state index in [4.69, 9.17) is 20.9 Å². The highest BCUT2D eigenvalue weighted by molar-refractivity contribution is 5.93. The first-order valence-electron chi connectivity index (χ1n) is 8.20. The molecule has 2 aromatic rings. The second-order valence-electron chi connectivity index (χ2n) is 5.94. The van der Waals surface area contributed by atoms with Crippen LogP contribution in [0.25, 0.3) is 0 Å². The Morgan fingerprint density at radius 2 is 1.96 bits per heavy atom. The largest absolute Gasteiger partial charge is 0.488 e. The van der Waals surface area contributed by atoms with E-state index in [0.29, 0.717) is 30.9 Å². The first-order chi connectivity index (χ1) is 12.5. The maximum absolute atomic E-state index is 12.4. The fourth-order valence-electron chi connectivity index (χ4n) is 2.69. The molecule has 1 aromatic carbocycles. The molecule has 2 heterocycles. The van der Waals surface area contributed by atoms with Gasteiger partial charge in [-0.2, -0.15) is 0 Å². The van der Waals surface area contributed by atoms with Gasteiger partial charge in [0.1, 0.15) is 23.4 Å². The van der Waals surface area contributed by atoms with Crippen molar-refractivity contribution in [3.8, 4) is 5.75 Å². The van der Waals surface area contributed by atoms with Gasteiger partial charge in [0.25, 0.3) is 5.91 Å². The molecule has 136 valence electrons. The second-order valence-corrected chi connectivity index (χ2v) is 5.94. The van der Waals surface area contributed by atoms with Crippen molar-refractivity contribution in [2.45, 2.75) is 18.6 Å². The lowest BCUT2D eigenvalue weighted by atomic mass is 10.1. The molecular formula is C18H20N4O4. The molecule has 0 aliphatic carbocycles. The first-order valence-corrected chi connectivity index (χ1v) is 8.20. The summed E-state index contributed by atoms with van der Waals surface area (Å²) in [5, 5.41) is 2.88. The van der Waals surface area contributed by atoms with Gasteiger partial charge in [0.15, 0.2) is 0 Å². The van der Waals surface area contributed by atoms with Gasteiger partial charge in [-0.3, -0.25) is 9.59 Å². The molecule has 1 aliphatic rings. The highest BCUT2D eigenvalue weighted by Gasteiger charge is 2.29.